The van der Waals surface area contributed by atoms with Crippen LogP contribution in [-0.4, -0.2) is 4.98 Å². The molecule has 0 unspecified atom stereocenters. The zero-order valence-electron chi connectivity index (χ0n) is 11.8. The lowest BCUT2D eigenvalue weighted by molar-refractivity contribution is 0.805. The number of hydrogen-bond donors (Lipinski definition) is 3. The minimum absolute atomic E-state index is 0.769. The molecule has 0 radical (unpaired) electrons. The van der Waals surface area contributed by atoms with Crippen molar-refractivity contribution in [2.24, 2.45) is 0 Å². The van der Waals surface area contributed by atoms with Gasteiger partial charge in [-0.25, -0.2) is 5.43 Å². The molecule has 0 aliphatic carbocycles. The van der Waals surface area contributed by atoms with Gasteiger partial charge in [-0.3, -0.25) is 0 Å². The molecule has 3 aromatic rings. The van der Waals surface area contributed by atoms with Crippen LogP contribution in [0, 0.1) is 13.8 Å². The van der Waals surface area contributed by atoms with Gasteiger partial charge < -0.3 is 10.4 Å². The third-order valence-corrected chi connectivity index (χ3v) is 3.72. The molecule has 0 saturated heterocycles. The van der Waals surface area contributed by atoms with Crippen LogP contribution in [0.3, 0.4) is 0 Å². The van der Waals surface area contributed by atoms with Gasteiger partial charge in [0.1, 0.15) is 0 Å². The lowest BCUT2D eigenvalue weighted by Crippen LogP contribution is -2.20. The fourth-order valence-electron chi connectivity index (χ4n) is 2.45. The number of hydrazine groups is 1. The normalized spacial score (nSPS) is 10.9. The lowest BCUT2D eigenvalue weighted by atomic mass is 10.1. The smallest absolute Gasteiger partial charge is 0.0505 e. The molecule has 0 atom stereocenters. The highest BCUT2D eigenvalue weighted by atomic mass is 15.3. The fraction of sp³-hybridized carbons (Fsp3) is 0.176. The van der Waals surface area contributed by atoms with E-state index < -0.39 is 0 Å². The predicted octanol–water partition coefficient (Wildman–Crippen LogP) is 3.90. The predicted molar refractivity (Wildman–Crippen MR) is 84.7 cm³/mol. The molecule has 20 heavy (non-hydrogen) atoms. The Morgan fingerprint density at radius 2 is 1.75 bits per heavy atom. The highest BCUT2D eigenvalue weighted by molar-refractivity contribution is 5.87. The third kappa shape index (κ3) is 2.40. The summed E-state index contributed by atoms with van der Waals surface area (Å²) < 4.78 is 0. The van der Waals surface area contributed by atoms with Crippen LogP contribution in [0.15, 0.2) is 48.5 Å². The highest BCUT2D eigenvalue weighted by Gasteiger charge is 2.07. The summed E-state index contributed by atoms with van der Waals surface area (Å²) >= 11 is 0. The Balaban J connectivity index is 1.76. The van der Waals surface area contributed by atoms with E-state index in [0.29, 0.717) is 0 Å². The zero-order valence-corrected chi connectivity index (χ0v) is 11.8. The molecule has 0 saturated carbocycles. The lowest BCUT2D eigenvalue weighted by Gasteiger charge is -2.09. The van der Waals surface area contributed by atoms with Crippen LogP contribution in [0.1, 0.15) is 16.8 Å². The summed E-state index contributed by atoms with van der Waals surface area (Å²) in [6.45, 7) is 5.05. The van der Waals surface area contributed by atoms with Crippen LogP contribution in [0.4, 0.5) is 5.69 Å². The number of benzene rings is 2. The van der Waals surface area contributed by atoms with Crippen molar-refractivity contribution in [1.82, 2.24) is 10.4 Å². The van der Waals surface area contributed by atoms with Gasteiger partial charge in [0.25, 0.3) is 0 Å². The SMILES string of the molecule is Cc1[nH]c2c(CNNc3ccccc3)cccc2c1C. The summed E-state index contributed by atoms with van der Waals surface area (Å²) in [5, 5.41) is 1.31. The first-order valence-corrected chi connectivity index (χ1v) is 6.86. The molecular weight excluding hydrogens is 246 g/mol. The molecule has 3 rings (SSSR count). The standard InChI is InChI=1S/C17H19N3/c1-12-13(2)19-17-14(7-6-10-16(12)17)11-18-20-15-8-4-3-5-9-15/h3-10,18-20H,11H2,1-2H3. The molecule has 0 bridgehead atoms. The van der Waals surface area contributed by atoms with Crippen molar-refractivity contribution in [2.75, 3.05) is 5.43 Å². The number of aromatic nitrogens is 1. The van der Waals surface area contributed by atoms with E-state index in [0.717, 1.165) is 12.2 Å². The third-order valence-electron chi connectivity index (χ3n) is 3.72. The quantitative estimate of drug-likeness (QED) is 0.626. The summed E-state index contributed by atoms with van der Waals surface area (Å²) in [5.41, 5.74) is 12.6. The Bertz CT molecular complexity index is 714. The second kappa shape index (κ2) is 5.39. The van der Waals surface area contributed by atoms with Crippen LogP contribution < -0.4 is 10.9 Å². The van der Waals surface area contributed by atoms with Crippen molar-refractivity contribution in [1.29, 1.82) is 0 Å². The van der Waals surface area contributed by atoms with Crippen molar-refractivity contribution in [3.8, 4) is 0 Å². The van der Waals surface area contributed by atoms with Gasteiger partial charge in [0.2, 0.25) is 0 Å². The van der Waals surface area contributed by atoms with E-state index in [9.17, 15) is 0 Å². The van der Waals surface area contributed by atoms with Crippen molar-refractivity contribution >= 4 is 16.6 Å². The number of aryl methyl sites for hydroxylation is 2. The number of rotatable bonds is 4. The van der Waals surface area contributed by atoms with Crippen LogP contribution in [-0.2, 0) is 6.54 Å². The largest absolute Gasteiger partial charge is 0.358 e. The summed E-state index contributed by atoms with van der Waals surface area (Å²) in [4.78, 5) is 3.48. The van der Waals surface area contributed by atoms with E-state index >= 15 is 0 Å². The number of hydrogen-bond acceptors (Lipinski definition) is 2. The average molecular weight is 265 g/mol. The monoisotopic (exact) mass is 265 g/mol. The van der Waals surface area contributed by atoms with Crippen LogP contribution >= 0.6 is 0 Å². The molecule has 0 aliphatic rings. The average Bonchev–Trinajstić information content (AvgIpc) is 2.77. The molecule has 0 spiro atoms. The number of H-pyrrole nitrogens is 1. The minimum Gasteiger partial charge on any atom is -0.358 e. The Kier molecular flexibility index (Phi) is 3.44. The van der Waals surface area contributed by atoms with Crippen molar-refractivity contribution in [2.45, 2.75) is 20.4 Å². The zero-order chi connectivity index (χ0) is 13.9. The Morgan fingerprint density at radius 1 is 0.950 bits per heavy atom. The van der Waals surface area contributed by atoms with Crippen molar-refractivity contribution in [3.63, 3.8) is 0 Å². The molecule has 1 aromatic heterocycles. The number of fused-ring (bicyclic) bond motifs is 1. The molecule has 0 amide bonds. The minimum atomic E-state index is 0.769. The van der Waals surface area contributed by atoms with Crippen LogP contribution in [0.2, 0.25) is 0 Å². The van der Waals surface area contributed by atoms with Gasteiger partial charge in [-0.2, -0.15) is 0 Å². The van der Waals surface area contributed by atoms with E-state index in [2.05, 4.69) is 47.9 Å². The first kappa shape index (κ1) is 12.8. The Morgan fingerprint density at radius 3 is 2.55 bits per heavy atom. The van der Waals surface area contributed by atoms with E-state index in [4.69, 9.17) is 0 Å². The molecule has 102 valence electrons. The van der Waals surface area contributed by atoms with Crippen LogP contribution in [0.25, 0.3) is 10.9 Å². The first-order chi connectivity index (χ1) is 9.75. The number of aromatic amines is 1. The van der Waals surface area contributed by atoms with Crippen molar-refractivity contribution < 1.29 is 0 Å². The second-order valence-corrected chi connectivity index (χ2v) is 5.06. The molecule has 0 fully saturated rings. The molecule has 3 heteroatoms. The van der Waals surface area contributed by atoms with Gasteiger partial charge in [0.05, 0.1) is 5.52 Å². The van der Waals surface area contributed by atoms with Crippen LogP contribution in [0.5, 0.6) is 0 Å². The number of para-hydroxylation sites is 2. The maximum Gasteiger partial charge on any atom is 0.0505 e. The van der Waals surface area contributed by atoms with Gasteiger partial charge >= 0.3 is 0 Å². The van der Waals surface area contributed by atoms with Gasteiger partial charge in [-0.1, -0.05) is 36.4 Å². The van der Waals surface area contributed by atoms with E-state index in [1.807, 2.05) is 30.3 Å². The summed E-state index contributed by atoms with van der Waals surface area (Å²) in [5.74, 6) is 0. The maximum atomic E-state index is 3.48. The summed E-state index contributed by atoms with van der Waals surface area (Å²) in [7, 11) is 0. The molecular formula is C17H19N3. The molecule has 1 heterocycles. The van der Waals surface area contributed by atoms with Gasteiger partial charge in [-0.15, -0.1) is 0 Å². The molecule has 0 aliphatic heterocycles. The van der Waals surface area contributed by atoms with Gasteiger partial charge in [0.15, 0.2) is 0 Å². The van der Waals surface area contributed by atoms with E-state index in [1.165, 1.54) is 27.7 Å². The second-order valence-electron chi connectivity index (χ2n) is 5.06. The fourth-order valence-corrected chi connectivity index (χ4v) is 2.45. The van der Waals surface area contributed by atoms with E-state index in [-0.39, 0.29) is 0 Å². The topological polar surface area (TPSA) is 39.9 Å². The molecule has 3 nitrogen and oxygen atoms in total. The number of nitrogens with one attached hydrogen (secondary N) is 3. The maximum absolute atomic E-state index is 3.48. The molecule has 2 aromatic carbocycles. The van der Waals surface area contributed by atoms with Crippen molar-refractivity contribution in [3.05, 3.63) is 65.4 Å². The highest BCUT2D eigenvalue weighted by Crippen LogP contribution is 2.24. The molecule has 3 N–H and O–H groups in total. The van der Waals surface area contributed by atoms with Gasteiger partial charge in [-0.05, 0) is 37.1 Å². The number of anilines is 1. The van der Waals surface area contributed by atoms with E-state index in [1.54, 1.807) is 0 Å². The Hall–Kier alpha value is -2.26. The van der Waals surface area contributed by atoms with Gasteiger partial charge in [0, 0.05) is 23.3 Å². The summed E-state index contributed by atoms with van der Waals surface area (Å²) in [6, 6.07) is 16.6. The first-order valence-electron chi connectivity index (χ1n) is 6.86. The summed E-state index contributed by atoms with van der Waals surface area (Å²) in [6.07, 6.45) is 0. The Labute approximate surface area is 119 Å².